The van der Waals surface area contributed by atoms with E-state index in [0.29, 0.717) is 6.42 Å². The Kier molecular flexibility index (Phi) is 3.38. The molecule has 0 aliphatic rings. The van der Waals surface area contributed by atoms with Crippen LogP contribution in [0, 0.1) is 11.3 Å². The van der Waals surface area contributed by atoms with Crippen molar-refractivity contribution in [2.45, 2.75) is 6.42 Å². The Labute approximate surface area is 36.9 Å². The van der Waals surface area contributed by atoms with Crippen LogP contribution in [0.5, 0.6) is 0 Å². The van der Waals surface area contributed by atoms with Crippen molar-refractivity contribution >= 4 is 0 Å². The maximum atomic E-state index is 7.84. The first kappa shape index (κ1) is 5.03. The van der Waals surface area contributed by atoms with Gasteiger partial charge in [0.25, 0.3) is 0 Å². The molecule has 0 atom stereocenters. The quantitative estimate of drug-likeness (QED) is 0.497. The predicted octanol–water partition coefficient (Wildman–Crippen LogP) is 0.372. The standard InChI is InChI=1S/C4H6N2/c5-3-1-2-4-6/h1,3H,2,5H2. The van der Waals surface area contributed by atoms with Gasteiger partial charge in [0.05, 0.1) is 12.5 Å². The van der Waals surface area contributed by atoms with Gasteiger partial charge >= 0.3 is 0 Å². The molecule has 0 aromatic rings. The lowest BCUT2D eigenvalue weighted by Crippen LogP contribution is -1.73. The molecule has 0 aromatic heterocycles. The van der Waals surface area contributed by atoms with E-state index in [0.717, 1.165) is 0 Å². The van der Waals surface area contributed by atoms with Crippen LogP contribution in [-0.2, 0) is 0 Å². The molecule has 2 N–H and O–H groups in total. The highest BCUT2D eigenvalue weighted by molar-refractivity contribution is 4.86. The molecule has 0 aliphatic heterocycles. The molecular weight excluding hydrogens is 76.1 g/mol. The number of nitrogens with zero attached hydrogens (tertiary/aromatic N) is 1. The van der Waals surface area contributed by atoms with Crippen LogP contribution in [0.1, 0.15) is 6.42 Å². The van der Waals surface area contributed by atoms with E-state index < -0.39 is 0 Å². The van der Waals surface area contributed by atoms with Gasteiger partial charge in [-0.15, -0.1) is 0 Å². The second-order valence-corrected chi connectivity index (χ2v) is 0.790. The van der Waals surface area contributed by atoms with Crippen LogP contribution < -0.4 is 5.73 Å². The zero-order valence-corrected chi connectivity index (χ0v) is 3.39. The molecule has 0 saturated heterocycles. The van der Waals surface area contributed by atoms with Gasteiger partial charge in [-0.05, 0) is 6.20 Å². The maximum Gasteiger partial charge on any atom is 0.0663 e. The zero-order chi connectivity index (χ0) is 4.83. The second kappa shape index (κ2) is 4.03. The molecule has 0 bridgehead atoms. The lowest BCUT2D eigenvalue weighted by atomic mass is 10.5. The Morgan fingerprint density at radius 2 is 2.50 bits per heavy atom. The summed E-state index contributed by atoms with van der Waals surface area (Å²) in [5.41, 5.74) is 4.88. The average Bonchev–Trinajstić information content (AvgIpc) is 1.61. The van der Waals surface area contributed by atoms with Gasteiger partial charge in [-0.2, -0.15) is 5.26 Å². The molecule has 32 valence electrons. The van der Waals surface area contributed by atoms with Crippen molar-refractivity contribution in [3.63, 3.8) is 0 Å². The predicted molar refractivity (Wildman–Crippen MR) is 23.6 cm³/mol. The third-order valence-corrected chi connectivity index (χ3v) is 0.345. The minimum atomic E-state index is 0.413. The van der Waals surface area contributed by atoms with Crippen molar-refractivity contribution in [2.75, 3.05) is 0 Å². The van der Waals surface area contributed by atoms with Crippen LogP contribution in [0.4, 0.5) is 0 Å². The van der Waals surface area contributed by atoms with Crippen LogP contribution in [0.2, 0.25) is 0 Å². The lowest BCUT2D eigenvalue weighted by molar-refractivity contribution is 1.34. The minimum absolute atomic E-state index is 0.413. The number of rotatable bonds is 1. The summed E-state index contributed by atoms with van der Waals surface area (Å²) in [4.78, 5) is 0. The molecule has 6 heavy (non-hydrogen) atoms. The van der Waals surface area contributed by atoms with Crippen molar-refractivity contribution in [1.82, 2.24) is 0 Å². The first-order valence-electron chi connectivity index (χ1n) is 1.65. The minimum Gasteiger partial charge on any atom is -0.405 e. The molecule has 0 radical (unpaired) electrons. The number of hydrogen-bond donors (Lipinski definition) is 1. The highest BCUT2D eigenvalue weighted by Crippen LogP contribution is 1.70. The molecule has 2 heteroatoms. The molecule has 0 fully saturated rings. The fraction of sp³-hybridized carbons (Fsp3) is 0.250. The molecule has 0 saturated carbocycles. The van der Waals surface area contributed by atoms with Crippen molar-refractivity contribution < 1.29 is 0 Å². The van der Waals surface area contributed by atoms with Gasteiger partial charge in [-0.1, -0.05) is 6.08 Å². The smallest absolute Gasteiger partial charge is 0.0663 e. The van der Waals surface area contributed by atoms with E-state index in [1.807, 2.05) is 6.07 Å². The molecule has 0 amide bonds. The monoisotopic (exact) mass is 82.1 g/mol. The first-order chi connectivity index (χ1) is 2.91. The molecule has 0 unspecified atom stereocenters. The van der Waals surface area contributed by atoms with E-state index in [-0.39, 0.29) is 0 Å². The largest absolute Gasteiger partial charge is 0.405 e. The van der Waals surface area contributed by atoms with Crippen molar-refractivity contribution in [3.8, 4) is 6.07 Å². The van der Waals surface area contributed by atoms with Gasteiger partial charge in [0.1, 0.15) is 0 Å². The van der Waals surface area contributed by atoms with Gasteiger partial charge in [-0.3, -0.25) is 0 Å². The molecule has 0 rings (SSSR count). The van der Waals surface area contributed by atoms with Gasteiger partial charge in [0.15, 0.2) is 0 Å². The molecule has 0 aromatic carbocycles. The maximum absolute atomic E-state index is 7.84. The van der Waals surface area contributed by atoms with Crippen LogP contribution >= 0.6 is 0 Å². The Bertz CT molecular complexity index is 78.0. The first-order valence-corrected chi connectivity index (χ1v) is 1.65. The van der Waals surface area contributed by atoms with E-state index in [1.54, 1.807) is 6.08 Å². The zero-order valence-electron chi connectivity index (χ0n) is 3.39. The SMILES string of the molecule is N#CCC=CN. The van der Waals surface area contributed by atoms with E-state index in [4.69, 9.17) is 11.0 Å². The summed E-state index contributed by atoms with van der Waals surface area (Å²) in [5.74, 6) is 0. The molecular formula is C4H6N2. The van der Waals surface area contributed by atoms with Crippen molar-refractivity contribution in [1.29, 1.82) is 5.26 Å². The Hall–Kier alpha value is -0.970. The van der Waals surface area contributed by atoms with Crippen LogP contribution in [-0.4, -0.2) is 0 Å². The molecule has 0 spiro atoms. The normalized spacial score (nSPS) is 8.50. The number of hydrogen-bond acceptors (Lipinski definition) is 2. The molecule has 2 nitrogen and oxygen atoms in total. The number of allylic oxidation sites excluding steroid dienone is 1. The summed E-state index contributed by atoms with van der Waals surface area (Å²) in [5, 5.41) is 7.84. The summed E-state index contributed by atoms with van der Waals surface area (Å²) >= 11 is 0. The van der Waals surface area contributed by atoms with E-state index >= 15 is 0 Å². The van der Waals surface area contributed by atoms with E-state index in [1.165, 1.54) is 6.20 Å². The van der Waals surface area contributed by atoms with E-state index in [2.05, 4.69) is 0 Å². The fourth-order valence-electron chi connectivity index (χ4n) is 0.121. The van der Waals surface area contributed by atoms with Gasteiger partial charge < -0.3 is 5.73 Å². The van der Waals surface area contributed by atoms with Crippen LogP contribution in [0.15, 0.2) is 12.3 Å². The summed E-state index contributed by atoms with van der Waals surface area (Å²) < 4.78 is 0. The number of nitriles is 1. The van der Waals surface area contributed by atoms with E-state index in [9.17, 15) is 0 Å². The summed E-state index contributed by atoms with van der Waals surface area (Å²) in [6, 6.07) is 1.90. The second-order valence-electron chi connectivity index (χ2n) is 0.790. The highest BCUT2D eigenvalue weighted by atomic mass is 14.5. The molecule has 0 aliphatic carbocycles. The summed E-state index contributed by atoms with van der Waals surface area (Å²) in [6.45, 7) is 0. The van der Waals surface area contributed by atoms with Gasteiger partial charge in [0, 0.05) is 0 Å². The highest BCUT2D eigenvalue weighted by Gasteiger charge is 1.61. The Morgan fingerprint density at radius 1 is 1.83 bits per heavy atom. The number of nitrogens with two attached hydrogens (primary N) is 1. The van der Waals surface area contributed by atoms with Crippen LogP contribution in [0.3, 0.4) is 0 Å². The summed E-state index contributed by atoms with van der Waals surface area (Å²) in [6.07, 6.45) is 3.37. The average molecular weight is 82.1 g/mol. The summed E-state index contributed by atoms with van der Waals surface area (Å²) in [7, 11) is 0. The van der Waals surface area contributed by atoms with Gasteiger partial charge in [-0.25, -0.2) is 0 Å². The third-order valence-electron chi connectivity index (χ3n) is 0.345. The topological polar surface area (TPSA) is 49.8 Å². The fourth-order valence-corrected chi connectivity index (χ4v) is 0.121. The third kappa shape index (κ3) is 3.03. The van der Waals surface area contributed by atoms with Crippen LogP contribution in [0.25, 0.3) is 0 Å². The molecule has 0 heterocycles. The van der Waals surface area contributed by atoms with Crippen molar-refractivity contribution in [3.05, 3.63) is 12.3 Å². The Morgan fingerprint density at radius 3 is 2.67 bits per heavy atom. The van der Waals surface area contributed by atoms with Crippen molar-refractivity contribution in [2.24, 2.45) is 5.73 Å². The van der Waals surface area contributed by atoms with Gasteiger partial charge in [0.2, 0.25) is 0 Å². The lowest BCUT2D eigenvalue weighted by Gasteiger charge is -1.64. The Balaban J connectivity index is 2.92.